The van der Waals surface area contributed by atoms with E-state index in [0.717, 1.165) is 0 Å². The zero-order valence-electron chi connectivity index (χ0n) is 28.2. The molecule has 0 aliphatic heterocycles. The van der Waals surface area contributed by atoms with E-state index in [1.807, 2.05) is 11.8 Å². The molecular weight excluding hydrogens is 504 g/mol. The molecule has 1 N–H and O–H groups in total. The molecule has 0 saturated carbocycles. The maximum atomic E-state index is 11.6. The highest BCUT2D eigenvalue weighted by atomic mass is 32.2. The largest absolute Gasteiger partial charge is 0.507 e. The predicted molar refractivity (Wildman–Crippen MR) is 183 cm³/mol. The molecule has 2 atom stereocenters. The monoisotopic (exact) mass is 575 g/mol. The van der Waals surface area contributed by atoms with E-state index in [2.05, 4.69) is 60.6 Å². The second-order valence-electron chi connectivity index (χ2n) is 13.6. The molecule has 1 nitrogen and oxygen atoms in total. The van der Waals surface area contributed by atoms with Gasteiger partial charge in [-0.2, -0.15) is 0 Å². The number of phenols is 1. The normalized spacial score (nSPS) is 13.6. The standard InChI is InChI=1S/C38H70OS/c1-8-11-14-16-18-20-22-24-27-32(4)35-30-34(40-38(6,7)29-26-13-10-3)31-36(37(35)39)33(5)28-25-23-21-19-17-15-12-9-2/h30-33,39H,8-29H2,1-7H3. The van der Waals surface area contributed by atoms with Crippen molar-refractivity contribution in [2.24, 2.45) is 0 Å². The number of benzene rings is 1. The minimum absolute atomic E-state index is 0.225. The van der Waals surface area contributed by atoms with Crippen molar-refractivity contribution < 1.29 is 5.11 Å². The molecule has 2 unspecified atom stereocenters. The molecule has 0 saturated heterocycles. The lowest BCUT2D eigenvalue weighted by molar-refractivity contribution is 0.440. The van der Waals surface area contributed by atoms with Crippen molar-refractivity contribution in [3.8, 4) is 5.75 Å². The van der Waals surface area contributed by atoms with Gasteiger partial charge in [0, 0.05) is 9.64 Å². The van der Waals surface area contributed by atoms with Crippen LogP contribution in [-0.2, 0) is 0 Å². The lowest BCUT2D eigenvalue weighted by atomic mass is 9.87. The molecule has 0 spiro atoms. The zero-order valence-corrected chi connectivity index (χ0v) is 29.0. The molecule has 0 aliphatic rings. The van der Waals surface area contributed by atoms with Crippen molar-refractivity contribution in [3.63, 3.8) is 0 Å². The van der Waals surface area contributed by atoms with Gasteiger partial charge in [-0.1, -0.05) is 170 Å². The van der Waals surface area contributed by atoms with E-state index >= 15 is 0 Å². The van der Waals surface area contributed by atoms with Crippen LogP contribution in [0.25, 0.3) is 0 Å². The van der Waals surface area contributed by atoms with Crippen LogP contribution in [0.2, 0.25) is 0 Å². The van der Waals surface area contributed by atoms with E-state index in [1.54, 1.807) is 0 Å². The smallest absolute Gasteiger partial charge is 0.122 e. The molecular formula is C38H70OS. The van der Waals surface area contributed by atoms with Crippen molar-refractivity contribution in [2.45, 2.75) is 211 Å². The van der Waals surface area contributed by atoms with Gasteiger partial charge in [0.05, 0.1) is 0 Å². The number of phenolic OH excluding ortho intramolecular Hbond substituents is 1. The summed E-state index contributed by atoms with van der Waals surface area (Å²) < 4.78 is 0.225. The van der Waals surface area contributed by atoms with Crippen LogP contribution in [0.1, 0.15) is 213 Å². The third kappa shape index (κ3) is 16.7. The highest BCUT2D eigenvalue weighted by Gasteiger charge is 2.24. The van der Waals surface area contributed by atoms with E-state index < -0.39 is 0 Å². The Balaban J connectivity index is 2.84. The molecule has 0 bridgehead atoms. The van der Waals surface area contributed by atoms with E-state index in [-0.39, 0.29) is 4.75 Å². The summed E-state index contributed by atoms with van der Waals surface area (Å²) >= 11 is 2.04. The molecule has 1 aromatic rings. The third-order valence-corrected chi connectivity index (χ3v) is 10.2. The molecule has 1 rings (SSSR count). The van der Waals surface area contributed by atoms with E-state index in [4.69, 9.17) is 0 Å². The Morgan fingerprint density at radius 1 is 0.575 bits per heavy atom. The van der Waals surface area contributed by atoms with Crippen molar-refractivity contribution in [1.82, 2.24) is 0 Å². The van der Waals surface area contributed by atoms with Gasteiger partial charge in [-0.15, -0.1) is 11.8 Å². The fraction of sp³-hybridized carbons (Fsp3) is 0.842. The summed E-state index contributed by atoms with van der Waals surface area (Å²) in [5, 5.41) is 11.6. The van der Waals surface area contributed by atoms with Crippen LogP contribution in [0.15, 0.2) is 17.0 Å². The topological polar surface area (TPSA) is 20.2 Å². The first kappa shape index (κ1) is 37.4. The molecule has 0 heterocycles. The van der Waals surface area contributed by atoms with Crippen molar-refractivity contribution in [1.29, 1.82) is 0 Å². The van der Waals surface area contributed by atoms with E-state index in [9.17, 15) is 5.11 Å². The molecule has 40 heavy (non-hydrogen) atoms. The van der Waals surface area contributed by atoms with Gasteiger partial charge in [0.15, 0.2) is 0 Å². The molecule has 0 aromatic heterocycles. The lowest BCUT2D eigenvalue weighted by Gasteiger charge is -2.27. The Hall–Kier alpha value is -0.630. The summed E-state index contributed by atoms with van der Waals surface area (Å²) in [6.07, 6.45) is 29.3. The van der Waals surface area contributed by atoms with Gasteiger partial charge in [0.25, 0.3) is 0 Å². The van der Waals surface area contributed by atoms with Gasteiger partial charge in [-0.05, 0) is 54.4 Å². The van der Waals surface area contributed by atoms with Gasteiger partial charge >= 0.3 is 0 Å². The van der Waals surface area contributed by atoms with Crippen molar-refractivity contribution >= 4 is 11.8 Å². The Bertz CT molecular complexity index is 692. The van der Waals surface area contributed by atoms with Crippen LogP contribution in [0, 0.1) is 0 Å². The minimum atomic E-state index is 0.225. The van der Waals surface area contributed by atoms with Crippen LogP contribution < -0.4 is 0 Å². The maximum absolute atomic E-state index is 11.6. The van der Waals surface area contributed by atoms with Crippen LogP contribution in [0.4, 0.5) is 0 Å². The molecule has 0 amide bonds. The minimum Gasteiger partial charge on any atom is -0.507 e. The summed E-state index contributed by atoms with van der Waals surface area (Å²) in [5.41, 5.74) is 2.41. The lowest BCUT2D eigenvalue weighted by Crippen LogP contribution is -2.14. The Kier molecular flexibility index (Phi) is 21.4. The van der Waals surface area contributed by atoms with Gasteiger partial charge in [-0.25, -0.2) is 0 Å². The number of rotatable bonds is 26. The summed E-state index contributed by atoms with van der Waals surface area (Å²) in [6, 6.07) is 4.70. The molecule has 0 radical (unpaired) electrons. The van der Waals surface area contributed by atoms with Gasteiger partial charge in [-0.3, -0.25) is 0 Å². The van der Waals surface area contributed by atoms with Gasteiger partial charge in [0.1, 0.15) is 5.75 Å². The Labute approximate surface area is 256 Å². The van der Waals surface area contributed by atoms with Gasteiger partial charge in [0.2, 0.25) is 0 Å². The molecule has 0 fully saturated rings. The number of hydrogen-bond acceptors (Lipinski definition) is 2. The van der Waals surface area contributed by atoms with Crippen molar-refractivity contribution in [2.75, 3.05) is 0 Å². The Morgan fingerprint density at radius 3 is 1.32 bits per heavy atom. The molecule has 1 aromatic carbocycles. The summed E-state index contributed by atoms with van der Waals surface area (Å²) in [5.74, 6) is 1.43. The fourth-order valence-electron chi connectivity index (χ4n) is 6.11. The van der Waals surface area contributed by atoms with Crippen molar-refractivity contribution in [3.05, 3.63) is 23.3 Å². The first-order valence-corrected chi connectivity index (χ1v) is 18.6. The number of aromatic hydroxyl groups is 1. The number of hydrogen-bond donors (Lipinski definition) is 1. The maximum Gasteiger partial charge on any atom is 0.122 e. The van der Waals surface area contributed by atoms with Crippen LogP contribution in [-0.4, -0.2) is 9.85 Å². The number of thioether (sulfide) groups is 1. The summed E-state index contributed by atoms with van der Waals surface area (Å²) in [6.45, 7) is 16.4. The summed E-state index contributed by atoms with van der Waals surface area (Å²) in [4.78, 5) is 1.37. The van der Waals surface area contributed by atoms with E-state index in [0.29, 0.717) is 17.6 Å². The third-order valence-electron chi connectivity index (χ3n) is 8.96. The van der Waals surface area contributed by atoms with Crippen LogP contribution in [0.3, 0.4) is 0 Å². The first-order valence-electron chi connectivity index (χ1n) is 17.8. The molecule has 2 heteroatoms. The van der Waals surface area contributed by atoms with Gasteiger partial charge < -0.3 is 5.11 Å². The quantitative estimate of drug-likeness (QED) is 0.0877. The predicted octanol–water partition coefficient (Wildman–Crippen LogP) is 14.1. The molecule has 0 aliphatic carbocycles. The first-order chi connectivity index (χ1) is 19.3. The fourth-order valence-corrected chi connectivity index (χ4v) is 7.37. The second-order valence-corrected chi connectivity index (χ2v) is 15.4. The average molecular weight is 575 g/mol. The van der Waals surface area contributed by atoms with Crippen LogP contribution >= 0.6 is 11.8 Å². The summed E-state index contributed by atoms with van der Waals surface area (Å²) in [7, 11) is 0. The highest BCUT2D eigenvalue weighted by molar-refractivity contribution is 8.00. The van der Waals surface area contributed by atoms with Crippen LogP contribution in [0.5, 0.6) is 5.75 Å². The SMILES string of the molecule is CCCCCCCCCCC(C)c1cc(SC(C)(C)CCCCC)cc(C(C)CCCCCCCCCC)c1O. The molecule has 234 valence electrons. The Morgan fingerprint density at radius 2 is 0.925 bits per heavy atom. The highest BCUT2D eigenvalue weighted by Crippen LogP contribution is 2.44. The number of unbranched alkanes of at least 4 members (excludes halogenated alkanes) is 16. The average Bonchev–Trinajstić information content (AvgIpc) is 2.92. The second kappa shape index (κ2) is 22.9. The zero-order chi connectivity index (χ0) is 29.6. The van der Waals surface area contributed by atoms with E-state index in [1.165, 1.54) is 157 Å².